The lowest BCUT2D eigenvalue weighted by Gasteiger charge is -1.98. The maximum absolute atomic E-state index is 8.76. The van der Waals surface area contributed by atoms with Crippen molar-refractivity contribution in [1.29, 1.82) is 0 Å². The van der Waals surface area contributed by atoms with E-state index in [1.54, 1.807) is 0 Å². The molecule has 0 aliphatic rings. The zero-order valence-corrected chi connectivity index (χ0v) is 15.9. The molecule has 0 aromatic carbocycles. The summed E-state index contributed by atoms with van der Waals surface area (Å²) in [5, 5.41) is 8.76. The zero-order valence-electron chi connectivity index (χ0n) is 15.9. The van der Waals surface area contributed by atoms with Crippen molar-refractivity contribution in [3.63, 3.8) is 0 Å². The molecule has 0 saturated carbocycles. The van der Waals surface area contributed by atoms with Gasteiger partial charge in [-0.15, -0.1) is 0 Å². The van der Waals surface area contributed by atoms with E-state index in [-0.39, 0.29) is 6.61 Å². The molecular weight excluding hydrogens is 292 g/mol. The predicted octanol–water partition coefficient (Wildman–Crippen LogP) is 7.07. The van der Waals surface area contributed by atoms with Gasteiger partial charge in [0.2, 0.25) is 0 Å². The van der Waals surface area contributed by atoms with E-state index in [9.17, 15) is 0 Å². The van der Waals surface area contributed by atoms with Crippen molar-refractivity contribution in [2.75, 3.05) is 6.61 Å². The fourth-order valence-corrected chi connectivity index (χ4v) is 2.36. The molecule has 0 aromatic heterocycles. The first-order valence-corrected chi connectivity index (χ1v) is 9.70. The minimum atomic E-state index is 0.136. The van der Waals surface area contributed by atoms with E-state index in [0.717, 1.165) is 31.3 Å². The van der Waals surface area contributed by atoms with Crippen LogP contribution in [-0.4, -0.2) is 11.7 Å². The molecule has 0 aromatic rings. The Balaban J connectivity index is 3.34. The monoisotopic (exact) mass is 330 g/mol. The summed E-state index contributed by atoms with van der Waals surface area (Å²) in [4.78, 5) is 0. The molecule has 1 nitrogen and oxygen atoms in total. The van der Waals surface area contributed by atoms with Gasteiger partial charge < -0.3 is 5.11 Å². The molecule has 136 valence electrons. The molecular formula is C23H38O. The third-order valence-electron chi connectivity index (χ3n) is 3.82. The second-order valence-electron chi connectivity index (χ2n) is 6.17. The first-order chi connectivity index (χ1) is 11.8. The average Bonchev–Trinajstić information content (AvgIpc) is 2.58. The summed E-state index contributed by atoms with van der Waals surface area (Å²) in [6.45, 7) is 4.33. The molecule has 0 amide bonds. The highest BCUT2D eigenvalue weighted by molar-refractivity contribution is 5.15. The van der Waals surface area contributed by atoms with Crippen LogP contribution in [0.3, 0.4) is 0 Å². The molecule has 1 heteroatoms. The number of hydrogen-bond acceptors (Lipinski definition) is 1. The third-order valence-corrected chi connectivity index (χ3v) is 3.82. The fraction of sp³-hybridized carbons (Fsp3) is 0.565. The molecule has 0 unspecified atom stereocenters. The summed E-state index contributed by atoms with van der Waals surface area (Å²) in [6.07, 6.45) is 31.9. The first-order valence-electron chi connectivity index (χ1n) is 9.70. The number of aliphatic hydroxyl groups is 1. The number of allylic oxidation sites excluding steroid dienone is 9. The molecule has 24 heavy (non-hydrogen) atoms. The highest BCUT2D eigenvalue weighted by atomic mass is 16.2. The maximum atomic E-state index is 8.76. The summed E-state index contributed by atoms with van der Waals surface area (Å²) in [6, 6.07) is 0. The first kappa shape index (κ1) is 22.7. The Morgan fingerprint density at radius 1 is 0.708 bits per heavy atom. The highest BCUT2D eigenvalue weighted by Gasteiger charge is 1.89. The molecule has 0 fully saturated rings. The molecule has 0 radical (unpaired) electrons. The summed E-state index contributed by atoms with van der Waals surface area (Å²) < 4.78 is 0. The molecule has 0 heterocycles. The van der Waals surface area contributed by atoms with E-state index < -0.39 is 0 Å². The highest BCUT2D eigenvalue weighted by Crippen LogP contribution is 2.09. The van der Waals surface area contributed by atoms with Gasteiger partial charge in [-0.1, -0.05) is 86.4 Å². The quantitative estimate of drug-likeness (QED) is 0.193. The van der Waals surface area contributed by atoms with Crippen molar-refractivity contribution in [3.05, 3.63) is 60.3 Å². The molecule has 0 spiro atoms. The molecule has 0 aliphatic heterocycles. The Morgan fingerprint density at radius 2 is 1.25 bits per heavy atom. The van der Waals surface area contributed by atoms with E-state index in [1.165, 1.54) is 38.5 Å². The predicted molar refractivity (Wildman–Crippen MR) is 109 cm³/mol. The van der Waals surface area contributed by atoms with Gasteiger partial charge in [0.25, 0.3) is 0 Å². The largest absolute Gasteiger partial charge is 0.392 e. The lowest BCUT2D eigenvalue weighted by Crippen LogP contribution is -1.79. The summed E-state index contributed by atoms with van der Waals surface area (Å²) in [7, 11) is 0. The lowest BCUT2D eigenvalue weighted by molar-refractivity contribution is 0.342. The lowest BCUT2D eigenvalue weighted by atomic mass is 10.1. The van der Waals surface area contributed by atoms with Crippen LogP contribution in [-0.2, 0) is 0 Å². The van der Waals surface area contributed by atoms with Crippen molar-refractivity contribution >= 4 is 0 Å². The van der Waals surface area contributed by atoms with Crippen molar-refractivity contribution in [2.45, 2.75) is 78.1 Å². The fourth-order valence-electron chi connectivity index (χ4n) is 2.36. The smallest absolute Gasteiger partial charge is 0.0617 e. The second-order valence-corrected chi connectivity index (χ2v) is 6.17. The molecule has 0 bridgehead atoms. The van der Waals surface area contributed by atoms with E-state index in [0.29, 0.717) is 0 Å². The van der Waals surface area contributed by atoms with Gasteiger partial charge >= 0.3 is 0 Å². The Hall–Kier alpha value is -1.34. The summed E-state index contributed by atoms with van der Waals surface area (Å²) >= 11 is 0. The van der Waals surface area contributed by atoms with Crippen LogP contribution in [0.15, 0.2) is 60.3 Å². The van der Waals surface area contributed by atoms with Gasteiger partial charge in [0.15, 0.2) is 0 Å². The normalized spacial score (nSPS) is 13.4. The summed E-state index contributed by atoms with van der Waals surface area (Å²) in [5.74, 6) is 0. The van der Waals surface area contributed by atoms with Crippen molar-refractivity contribution in [3.8, 4) is 0 Å². The van der Waals surface area contributed by atoms with Gasteiger partial charge in [-0.25, -0.2) is 0 Å². The van der Waals surface area contributed by atoms with Crippen LogP contribution in [0.4, 0.5) is 0 Å². The van der Waals surface area contributed by atoms with Crippen LogP contribution in [0.2, 0.25) is 0 Å². The Labute approximate surface area is 150 Å². The van der Waals surface area contributed by atoms with Crippen LogP contribution in [0.5, 0.6) is 0 Å². The number of rotatable bonds is 15. The van der Waals surface area contributed by atoms with E-state index in [2.05, 4.69) is 55.5 Å². The SMILES string of the molecule is CC/C=C\C/C=C\C/C=C\CCCCCCC/C=C/C(C)=C/CO. The second kappa shape index (κ2) is 19.7. The number of aliphatic hydroxyl groups excluding tert-OH is 1. The molecule has 0 rings (SSSR count). The van der Waals surface area contributed by atoms with Crippen LogP contribution >= 0.6 is 0 Å². The van der Waals surface area contributed by atoms with Gasteiger partial charge in [-0.3, -0.25) is 0 Å². The van der Waals surface area contributed by atoms with Crippen molar-refractivity contribution in [2.24, 2.45) is 0 Å². The minimum absolute atomic E-state index is 0.136. The van der Waals surface area contributed by atoms with E-state index in [1.807, 2.05) is 13.0 Å². The Bertz CT molecular complexity index is 396. The van der Waals surface area contributed by atoms with Crippen LogP contribution in [0.1, 0.15) is 78.1 Å². The van der Waals surface area contributed by atoms with Gasteiger partial charge in [0.1, 0.15) is 0 Å². The Kier molecular flexibility index (Phi) is 18.6. The van der Waals surface area contributed by atoms with E-state index in [4.69, 9.17) is 5.11 Å². The third kappa shape index (κ3) is 18.7. The minimum Gasteiger partial charge on any atom is -0.392 e. The average molecular weight is 331 g/mol. The number of hydrogen-bond donors (Lipinski definition) is 1. The van der Waals surface area contributed by atoms with E-state index >= 15 is 0 Å². The Morgan fingerprint density at radius 3 is 1.88 bits per heavy atom. The zero-order chi connectivity index (χ0) is 17.7. The van der Waals surface area contributed by atoms with Gasteiger partial charge in [0, 0.05) is 0 Å². The number of unbranched alkanes of at least 4 members (excludes halogenated alkanes) is 6. The van der Waals surface area contributed by atoms with Crippen LogP contribution < -0.4 is 0 Å². The van der Waals surface area contributed by atoms with Gasteiger partial charge in [0.05, 0.1) is 6.61 Å². The van der Waals surface area contributed by atoms with Crippen molar-refractivity contribution in [1.82, 2.24) is 0 Å². The topological polar surface area (TPSA) is 20.2 Å². The molecule has 0 aliphatic carbocycles. The van der Waals surface area contributed by atoms with Crippen LogP contribution in [0, 0.1) is 0 Å². The molecule has 0 atom stereocenters. The summed E-state index contributed by atoms with van der Waals surface area (Å²) in [5.41, 5.74) is 1.15. The van der Waals surface area contributed by atoms with Crippen LogP contribution in [0.25, 0.3) is 0 Å². The maximum Gasteiger partial charge on any atom is 0.0617 e. The molecule has 0 saturated heterocycles. The standard InChI is InChI=1S/C23H38O/c1-3-4-5-6-7-8-9-10-11-12-13-14-15-16-17-18-19-20-23(2)21-22-24/h4-5,7-8,10-11,19-21,24H,3,6,9,12-18,22H2,1-2H3/b5-4-,8-7-,11-10-,20-19+,23-21+. The van der Waals surface area contributed by atoms with Gasteiger partial charge in [-0.05, 0) is 51.9 Å². The molecule has 1 N–H and O–H groups in total. The van der Waals surface area contributed by atoms with Gasteiger partial charge in [-0.2, -0.15) is 0 Å². The van der Waals surface area contributed by atoms with Crippen molar-refractivity contribution < 1.29 is 5.11 Å².